The molecule has 1 aliphatic carbocycles. The Labute approximate surface area is 116 Å². The highest BCUT2D eigenvalue weighted by Gasteiger charge is 2.12. The van der Waals surface area contributed by atoms with Crippen LogP contribution in [0.25, 0.3) is 0 Å². The minimum absolute atomic E-state index is 0.0671. The molecule has 1 aliphatic rings. The number of hydrogen-bond acceptors (Lipinski definition) is 3. The van der Waals surface area contributed by atoms with Crippen molar-refractivity contribution in [2.24, 2.45) is 0 Å². The minimum Gasteiger partial charge on any atom is -0.466 e. The maximum atomic E-state index is 11.8. The van der Waals surface area contributed by atoms with E-state index in [0.717, 1.165) is 25.7 Å². The highest BCUT2D eigenvalue weighted by atomic mass is 16.5. The van der Waals surface area contributed by atoms with E-state index in [9.17, 15) is 9.59 Å². The van der Waals surface area contributed by atoms with E-state index in [2.05, 4.69) is 0 Å². The minimum atomic E-state index is -0.347. The third-order valence-electron chi connectivity index (χ3n) is 3.65. The SMILES string of the molecule is COC(=O)/C1=C/C(=O)CCCCCCCCCCC1. The van der Waals surface area contributed by atoms with Gasteiger partial charge in [0.2, 0.25) is 0 Å². The third kappa shape index (κ3) is 7.14. The van der Waals surface area contributed by atoms with Crippen LogP contribution < -0.4 is 0 Å². The number of carbonyl (C=O) groups excluding carboxylic acids is 2. The van der Waals surface area contributed by atoms with Crippen LogP contribution in [0.4, 0.5) is 0 Å². The zero-order valence-corrected chi connectivity index (χ0v) is 12.1. The Bertz CT molecular complexity index is 318. The number of esters is 1. The molecule has 19 heavy (non-hydrogen) atoms. The van der Waals surface area contributed by atoms with Crippen molar-refractivity contribution in [3.63, 3.8) is 0 Å². The van der Waals surface area contributed by atoms with Gasteiger partial charge in [-0.25, -0.2) is 4.79 Å². The van der Waals surface area contributed by atoms with E-state index in [1.165, 1.54) is 45.3 Å². The van der Waals surface area contributed by atoms with Gasteiger partial charge in [0.1, 0.15) is 0 Å². The van der Waals surface area contributed by atoms with Crippen molar-refractivity contribution in [3.8, 4) is 0 Å². The van der Waals surface area contributed by atoms with Crippen LogP contribution in [0.2, 0.25) is 0 Å². The molecule has 0 aromatic carbocycles. The van der Waals surface area contributed by atoms with Gasteiger partial charge in [-0.1, -0.05) is 44.9 Å². The highest BCUT2D eigenvalue weighted by molar-refractivity contribution is 5.99. The van der Waals surface area contributed by atoms with Crippen LogP contribution in [0.1, 0.15) is 70.6 Å². The third-order valence-corrected chi connectivity index (χ3v) is 3.65. The molecule has 0 heterocycles. The van der Waals surface area contributed by atoms with E-state index in [-0.39, 0.29) is 11.8 Å². The Morgan fingerprint density at radius 2 is 1.37 bits per heavy atom. The largest absolute Gasteiger partial charge is 0.466 e. The quantitative estimate of drug-likeness (QED) is 0.675. The van der Waals surface area contributed by atoms with Crippen LogP contribution >= 0.6 is 0 Å². The smallest absolute Gasteiger partial charge is 0.333 e. The summed E-state index contributed by atoms with van der Waals surface area (Å²) in [4.78, 5) is 23.4. The molecule has 0 atom stereocenters. The first-order valence-electron chi connectivity index (χ1n) is 7.56. The summed E-state index contributed by atoms with van der Waals surface area (Å²) in [5.41, 5.74) is 0.546. The molecule has 0 aromatic rings. The number of hydrogen-bond donors (Lipinski definition) is 0. The summed E-state index contributed by atoms with van der Waals surface area (Å²) in [5, 5.41) is 0. The van der Waals surface area contributed by atoms with E-state index in [0.29, 0.717) is 18.4 Å². The first-order chi connectivity index (χ1) is 9.24. The van der Waals surface area contributed by atoms with E-state index >= 15 is 0 Å². The molecule has 0 aliphatic heterocycles. The lowest BCUT2D eigenvalue weighted by Crippen LogP contribution is -2.08. The van der Waals surface area contributed by atoms with Gasteiger partial charge in [-0.15, -0.1) is 0 Å². The average molecular weight is 266 g/mol. The second kappa shape index (κ2) is 9.76. The van der Waals surface area contributed by atoms with Crippen LogP contribution in [0, 0.1) is 0 Å². The second-order valence-corrected chi connectivity index (χ2v) is 5.31. The van der Waals surface area contributed by atoms with Crippen LogP contribution in [0.15, 0.2) is 11.6 Å². The molecule has 0 amide bonds. The monoisotopic (exact) mass is 266 g/mol. The molecule has 0 bridgehead atoms. The fourth-order valence-electron chi connectivity index (χ4n) is 2.48. The Morgan fingerprint density at radius 3 is 1.89 bits per heavy atom. The van der Waals surface area contributed by atoms with Crippen molar-refractivity contribution in [1.29, 1.82) is 0 Å². The Kier molecular flexibility index (Phi) is 8.19. The molecule has 0 spiro atoms. The molecule has 0 unspecified atom stereocenters. The highest BCUT2D eigenvalue weighted by Crippen LogP contribution is 2.16. The van der Waals surface area contributed by atoms with Gasteiger partial charge < -0.3 is 4.74 Å². The van der Waals surface area contributed by atoms with Gasteiger partial charge in [-0.05, 0) is 25.3 Å². The summed E-state index contributed by atoms with van der Waals surface area (Å²) in [7, 11) is 1.37. The normalized spacial score (nSPS) is 23.0. The second-order valence-electron chi connectivity index (χ2n) is 5.31. The molecule has 0 N–H and O–H groups in total. The van der Waals surface area contributed by atoms with Crippen molar-refractivity contribution in [2.45, 2.75) is 70.6 Å². The number of methoxy groups -OCH3 is 1. The van der Waals surface area contributed by atoms with Crippen molar-refractivity contribution in [1.82, 2.24) is 0 Å². The summed E-state index contributed by atoms with van der Waals surface area (Å²) in [6.45, 7) is 0. The first kappa shape index (κ1) is 15.9. The van der Waals surface area contributed by atoms with Crippen LogP contribution in [0.3, 0.4) is 0 Å². The molecular formula is C16H26O3. The molecule has 3 heteroatoms. The predicted molar refractivity (Wildman–Crippen MR) is 75.9 cm³/mol. The van der Waals surface area contributed by atoms with Crippen molar-refractivity contribution in [3.05, 3.63) is 11.6 Å². The van der Waals surface area contributed by atoms with Crippen molar-refractivity contribution in [2.75, 3.05) is 7.11 Å². The lowest BCUT2D eigenvalue weighted by atomic mass is 10.0. The van der Waals surface area contributed by atoms with Gasteiger partial charge in [-0.2, -0.15) is 0 Å². The zero-order chi connectivity index (χ0) is 13.9. The molecule has 0 saturated heterocycles. The Balaban J connectivity index is 2.59. The maximum Gasteiger partial charge on any atom is 0.333 e. The summed E-state index contributed by atoms with van der Waals surface area (Å²) in [5.74, 6) is -0.280. The van der Waals surface area contributed by atoms with E-state index in [1.54, 1.807) is 0 Å². The molecule has 108 valence electrons. The number of ether oxygens (including phenoxy) is 1. The van der Waals surface area contributed by atoms with Gasteiger partial charge in [0.15, 0.2) is 5.78 Å². The van der Waals surface area contributed by atoms with Gasteiger partial charge in [0, 0.05) is 12.0 Å². The van der Waals surface area contributed by atoms with Crippen LogP contribution in [-0.4, -0.2) is 18.9 Å². The van der Waals surface area contributed by atoms with E-state index in [4.69, 9.17) is 4.74 Å². The Morgan fingerprint density at radius 1 is 0.895 bits per heavy atom. The first-order valence-corrected chi connectivity index (χ1v) is 7.56. The van der Waals surface area contributed by atoms with Gasteiger partial charge >= 0.3 is 5.97 Å². The molecule has 0 aromatic heterocycles. The lowest BCUT2D eigenvalue weighted by molar-refractivity contribution is -0.136. The fourth-order valence-corrected chi connectivity index (χ4v) is 2.48. The van der Waals surface area contributed by atoms with Crippen molar-refractivity contribution >= 4 is 11.8 Å². The van der Waals surface area contributed by atoms with Gasteiger partial charge in [0.05, 0.1) is 7.11 Å². The summed E-state index contributed by atoms with van der Waals surface area (Å²) < 4.78 is 4.75. The topological polar surface area (TPSA) is 43.4 Å². The fraction of sp³-hybridized carbons (Fsp3) is 0.750. The van der Waals surface area contributed by atoms with Crippen molar-refractivity contribution < 1.29 is 14.3 Å². The van der Waals surface area contributed by atoms with Crippen LogP contribution in [0.5, 0.6) is 0 Å². The van der Waals surface area contributed by atoms with Gasteiger partial charge in [0.25, 0.3) is 0 Å². The number of rotatable bonds is 1. The van der Waals surface area contributed by atoms with Gasteiger partial charge in [-0.3, -0.25) is 4.79 Å². The number of carbonyl (C=O) groups is 2. The molecular weight excluding hydrogens is 240 g/mol. The summed E-state index contributed by atoms with van der Waals surface area (Å²) in [6, 6.07) is 0. The molecule has 0 radical (unpaired) electrons. The molecule has 0 fully saturated rings. The Hall–Kier alpha value is -1.12. The maximum absolute atomic E-state index is 11.8. The molecule has 0 saturated carbocycles. The van der Waals surface area contributed by atoms with Crippen LogP contribution in [-0.2, 0) is 14.3 Å². The number of ketones is 1. The lowest BCUT2D eigenvalue weighted by Gasteiger charge is -2.07. The average Bonchev–Trinajstić information content (AvgIpc) is 2.42. The zero-order valence-electron chi connectivity index (χ0n) is 12.1. The predicted octanol–water partition coefficient (Wildman–Crippen LogP) is 3.96. The molecule has 3 nitrogen and oxygen atoms in total. The number of allylic oxidation sites excluding steroid dienone is 1. The van der Waals surface area contributed by atoms with E-state index < -0.39 is 0 Å². The molecule has 1 rings (SSSR count). The standard InChI is InChI=1S/C16H26O3/c1-19-16(18)14-11-9-7-5-3-2-4-6-8-10-12-15(17)13-14/h13H,2-12H2,1H3/b14-13+. The summed E-state index contributed by atoms with van der Waals surface area (Å²) in [6.07, 6.45) is 13.2. The summed E-state index contributed by atoms with van der Waals surface area (Å²) >= 11 is 0. The van der Waals surface area contributed by atoms with E-state index in [1.807, 2.05) is 0 Å².